The van der Waals surface area contributed by atoms with Crippen LogP contribution >= 0.6 is 0 Å². The number of hydrogen-bond acceptors (Lipinski definition) is 5. The number of ether oxygens (including phenoxy) is 1. The Kier molecular flexibility index (Phi) is 6.19. The summed E-state index contributed by atoms with van der Waals surface area (Å²) in [7, 11) is -2.41. The van der Waals surface area contributed by atoms with Gasteiger partial charge in [-0.15, -0.1) is 0 Å². The van der Waals surface area contributed by atoms with Crippen molar-refractivity contribution in [2.75, 3.05) is 20.2 Å². The van der Waals surface area contributed by atoms with Crippen molar-refractivity contribution in [1.82, 2.24) is 19.6 Å². The third-order valence-electron chi connectivity index (χ3n) is 6.10. The Hall–Kier alpha value is -4.18. The van der Waals surface area contributed by atoms with Gasteiger partial charge in [-0.3, -0.25) is 0 Å². The van der Waals surface area contributed by atoms with Crippen molar-refractivity contribution in [2.24, 2.45) is 0 Å². The van der Waals surface area contributed by atoms with Gasteiger partial charge in [-0.2, -0.15) is 0 Å². The number of methoxy groups -OCH3 is 1. The van der Waals surface area contributed by atoms with Crippen LogP contribution in [0.4, 0.5) is 9.18 Å². The molecule has 36 heavy (non-hydrogen) atoms. The van der Waals surface area contributed by atoms with Crippen molar-refractivity contribution in [3.8, 4) is 16.9 Å². The van der Waals surface area contributed by atoms with Gasteiger partial charge in [-0.25, -0.2) is 27.3 Å². The smallest absolute Gasteiger partial charge is 0.331 e. The first-order valence-corrected chi connectivity index (χ1v) is 12.7. The van der Waals surface area contributed by atoms with Crippen LogP contribution in [0.1, 0.15) is 12.1 Å². The van der Waals surface area contributed by atoms with Crippen LogP contribution in [0.25, 0.3) is 27.7 Å². The molecule has 184 valence electrons. The molecule has 2 amide bonds. The molecule has 1 aliphatic heterocycles. The predicted octanol–water partition coefficient (Wildman–Crippen LogP) is 4.57. The van der Waals surface area contributed by atoms with Gasteiger partial charge in [-0.1, -0.05) is 24.3 Å². The molecule has 3 heterocycles. The molecule has 2 N–H and O–H groups in total. The molecular weight excluding hydrogens is 483 g/mol. The number of rotatable bonds is 5. The second-order valence-corrected chi connectivity index (χ2v) is 9.98. The number of sulfonamides is 1. The van der Waals surface area contributed by atoms with E-state index < -0.39 is 16.1 Å². The van der Waals surface area contributed by atoms with E-state index >= 15 is 0 Å². The highest BCUT2D eigenvalue weighted by Crippen LogP contribution is 2.36. The lowest BCUT2D eigenvalue weighted by Crippen LogP contribution is -2.44. The second-order valence-electron chi connectivity index (χ2n) is 8.30. The van der Waals surface area contributed by atoms with Gasteiger partial charge >= 0.3 is 6.03 Å². The van der Waals surface area contributed by atoms with Crippen LogP contribution < -0.4 is 9.46 Å². The Morgan fingerprint density at radius 2 is 1.92 bits per heavy atom. The van der Waals surface area contributed by atoms with E-state index in [1.165, 1.54) is 36.3 Å². The van der Waals surface area contributed by atoms with Gasteiger partial charge in [0.15, 0.2) is 0 Å². The van der Waals surface area contributed by atoms with Crippen LogP contribution in [0.5, 0.6) is 5.75 Å². The van der Waals surface area contributed by atoms with Crippen LogP contribution in [0.15, 0.2) is 77.8 Å². The predicted molar refractivity (Wildman–Crippen MR) is 134 cm³/mol. The number of halogens is 1. The summed E-state index contributed by atoms with van der Waals surface area (Å²) in [6.07, 6.45) is 4.05. The van der Waals surface area contributed by atoms with Gasteiger partial charge in [-0.05, 0) is 60.0 Å². The fourth-order valence-corrected chi connectivity index (χ4v) is 5.25. The molecule has 5 rings (SSSR count). The highest BCUT2D eigenvalue weighted by Gasteiger charge is 2.24. The van der Waals surface area contributed by atoms with Gasteiger partial charge in [0.25, 0.3) is 10.0 Å². The zero-order valence-electron chi connectivity index (χ0n) is 19.4. The van der Waals surface area contributed by atoms with E-state index in [9.17, 15) is 17.6 Å². The maximum Gasteiger partial charge on any atom is 0.331 e. The maximum absolute atomic E-state index is 14.0. The first kappa shape index (κ1) is 23.6. The summed E-state index contributed by atoms with van der Waals surface area (Å²) in [5.74, 6) is 0.185. The molecule has 1 aliphatic rings. The molecule has 0 unspecified atom stereocenters. The van der Waals surface area contributed by atoms with Crippen molar-refractivity contribution >= 4 is 32.7 Å². The molecule has 0 atom stereocenters. The average Bonchev–Trinajstić information content (AvgIpc) is 3.34. The fourth-order valence-electron chi connectivity index (χ4n) is 4.26. The summed E-state index contributed by atoms with van der Waals surface area (Å²) in [6, 6.07) is 15.2. The van der Waals surface area contributed by atoms with E-state index in [2.05, 4.69) is 14.7 Å². The molecule has 0 saturated carbocycles. The normalized spacial score (nSPS) is 13.9. The Labute approximate surface area is 207 Å². The molecule has 0 saturated heterocycles. The number of hydrogen-bond donors (Lipinski definition) is 2. The minimum Gasteiger partial charge on any atom is -0.496 e. The number of fused-ring (bicyclic) bond motifs is 1. The lowest BCUT2D eigenvalue weighted by molar-refractivity contribution is 0.209. The summed E-state index contributed by atoms with van der Waals surface area (Å²) in [5, 5.41) is 0.812. The van der Waals surface area contributed by atoms with Crippen LogP contribution in [0.2, 0.25) is 0 Å². The molecule has 0 bridgehead atoms. The number of amides is 2. The molecular formula is C26H23FN4O4S. The highest BCUT2D eigenvalue weighted by atomic mass is 32.2. The topological polar surface area (TPSA) is 104 Å². The number of carbonyl (C=O) groups excluding carboxylic acids is 1. The largest absolute Gasteiger partial charge is 0.496 e. The standard InChI is InChI=1S/C26H23FN4O4S/c1-35-24-8-7-18(27)15-21(24)20-9-12-28-25-22(20)16-23(29-25)17-10-13-31(14-11-17)26(32)30-36(33,34)19-5-3-2-4-6-19/h2-10,12,15-16H,11,13-14H2,1H3,(H,28,29)(H,30,32). The number of benzene rings is 2. The lowest BCUT2D eigenvalue weighted by atomic mass is 10.0. The van der Waals surface area contributed by atoms with Gasteiger partial charge < -0.3 is 14.6 Å². The molecule has 0 fully saturated rings. The zero-order chi connectivity index (χ0) is 25.3. The number of nitrogens with zero attached hydrogens (tertiary/aromatic N) is 2. The van der Waals surface area contributed by atoms with Crippen molar-refractivity contribution in [3.05, 3.63) is 84.4 Å². The van der Waals surface area contributed by atoms with Crippen molar-refractivity contribution in [3.63, 3.8) is 0 Å². The summed E-state index contributed by atoms with van der Waals surface area (Å²) < 4.78 is 46.5. The molecule has 0 spiro atoms. The molecule has 2 aromatic heterocycles. The monoisotopic (exact) mass is 506 g/mol. The third-order valence-corrected chi connectivity index (χ3v) is 7.44. The SMILES string of the molecule is COc1ccc(F)cc1-c1ccnc2[nH]c(C3=CCN(C(=O)NS(=O)(=O)c4ccccc4)CC3)cc12. The number of carbonyl (C=O) groups is 1. The number of aromatic nitrogens is 2. The average molecular weight is 507 g/mol. The molecule has 8 nitrogen and oxygen atoms in total. The maximum atomic E-state index is 14.0. The van der Waals surface area contributed by atoms with Gasteiger partial charge in [0.2, 0.25) is 0 Å². The Morgan fingerprint density at radius 1 is 1.11 bits per heavy atom. The van der Waals surface area contributed by atoms with Gasteiger partial charge in [0, 0.05) is 35.9 Å². The lowest BCUT2D eigenvalue weighted by Gasteiger charge is -2.26. The fraction of sp³-hybridized carbons (Fsp3) is 0.154. The minimum atomic E-state index is -3.95. The molecule has 0 radical (unpaired) electrons. The van der Waals surface area contributed by atoms with Crippen molar-refractivity contribution < 1.29 is 22.3 Å². The van der Waals surface area contributed by atoms with E-state index in [0.29, 0.717) is 29.9 Å². The van der Waals surface area contributed by atoms with E-state index in [4.69, 9.17) is 4.74 Å². The minimum absolute atomic E-state index is 0.0305. The van der Waals surface area contributed by atoms with Gasteiger partial charge in [0.1, 0.15) is 17.2 Å². The Bertz CT molecular complexity index is 1580. The molecule has 10 heteroatoms. The third kappa shape index (κ3) is 4.55. The summed E-state index contributed by atoms with van der Waals surface area (Å²) in [4.78, 5) is 21.8. The Balaban J connectivity index is 1.37. The zero-order valence-corrected chi connectivity index (χ0v) is 20.2. The van der Waals surface area contributed by atoms with Crippen molar-refractivity contribution in [2.45, 2.75) is 11.3 Å². The summed E-state index contributed by atoms with van der Waals surface area (Å²) in [5.41, 5.74) is 3.85. The van der Waals surface area contributed by atoms with Gasteiger partial charge in [0.05, 0.1) is 12.0 Å². The van der Waals surface area contributed by atoms with Crippen LogP contribution in [0.3, 0.4) is 0 Å². The first-order valence-electron chi connectivity index (χ1n) is 11.2. The molecule has 4 aromatic rings. The van der Waals surface area contributed by atoms with E-state index in [1.54, 1.807) is 30.5 Å². The summed E-state index contributed by atoms with van der Waals surface area (Å²) >= 11 is 0. The van der Waals surface area contributed by atoms with Crippen molar-refractivity contribution in [1.29, 1.82) is 0 Å². The number of pyridine rings is 1. The highest BCUT2D eigenvalue weighted by molar-refractivity contribution is 7.90. The number of H-pyrrole nitrogens is 1. The second kappa shape index (κ2) is 9.46. The molecule has 0 aliphatic carbocycles. The first-order chi connectivity index (χ1) is 17.4. The van der Waals surface area contributed by atoms with E-state index in [0.717, 1.165) is 22.2 Å². The Morgan fingerprint density at radius 3 is 2.64 bits per heavy atom. The number of urea groups is 1. The summed E-state index contributed by atoms with van der Waals surface area (Å²) in [6.45, 7) is 0.591. The quantitative estimate of drug-likeness (QED) is 0.413. The molecule has 2 aromatic carbocycles. The van der Waals surface area contributed by atoms with E-state index in [-0.39, 0.29) is 17.3 Å². The van der Waals surface area contributed by atoms with E-state index in [1.807, 2.05) is 18.2 Å². The van der Waals surface area contributed by atoms with Crippen LogP contribution in [-0.2, 0) is 10.0 Å². The van der Waals surface area contributed by atoms with Crippen LogP contribution in [-0.4, -0.2) is 49.5 Å². The number of aromatic amines is 1. The number of nitrogens with one attached hydrogen (secondary N) is 2. The van der Waals surface area contributed by atoms with Crippen LogP contribution in [0, 0.1) is 5.82 Å².